The molecular weight excluding hydrogens is 433 g/mol. The number of nitrogens with zero attached hydrogens (tertiary/aromatic N) is 4. The van der Waals surface area contributed by atoms with Crippen LogP contribution in [0.15, 0.2) is 73.1 Å². The van der Waals surface area contributed by atoms with E-state index in [-0.39, 0.29) is 17.9 Å². The zero-order chi connectivity index (χ0) is 23.1. The van der Waals surface area contributed by atoms with E-state index in [1.54, 1.807) is 18.3 Å². The quantitative estimate of drug-likeness (QED) is 0.410. The fraction of sp³-hybridized carbons (Fsp3) is 0.192. The lowest BCUT2D eigenvalue weighted by atomic mass is 9.96. The molecule has 4 aromatic rings. The van der Waals surface area contributed by atoms with Gasteiger partial charge < -0.3 is 14.8 Å². The lowest BCUT2D eigenvalue weighted by Gasteiger charge is -2.28. The topological polar surface area (TPSA) is 46.0 Å². The van der Waals surface area contributed by atoms with Gasteiger partial charge in [-0.15, -0.1) is 0 Å². The van der Waals surface area contributed by atoms with Crippen molar-refractivity contribution in [2.45, 2.75) is 32.9 Å². The molecule has 1 aromatic carbocycles. The molecule has 0 bridgehead atoms. The number of hydrogen-bond donors (Lipinski definition) is 1. The summed E-state index contributed by atoms with van der Waals surface area (Å²) in [5.74, 6) is 0.541. The Balaban J connectivity index is 1.70. The summed E-state index contributed by atoms with van der Waals surface area (Å²) in [6.45, 7) is 6.18. The molecule has 0 aliphatic carbocycles. The predicted octanol–water partition coefficient (Wildman–Crippen LogP) is 5.51. The predicted molar refractivity (Wildman–Crippen MR) is 132 cm³/mol. The number of anilines is 1. The number of halogens is 1. The first-order chi connectivity index (χ1) is 16.0. The highest BCUT2D eigenvalue weighted by atomic mass is 32.1. The Bertz CT molecular complexity index is 1330. The number of aromatic nitrogens is 3. The van der Waals surface area contributed by atoms with Crippen LogP contribution in [0.5, 0.6) is 0 Å². The monoisotopic (exact) mass is 457 g/mol. The zero-order valence-electron chi connectivity index (χ0n) is 18.7. The third kappa shape index (κ3) is 3.68. The highest BCUT2D eigenvalue weighted by molar-refractivity contribution is 7.80. The molecule has 0 radical (unpaired) electrons. The highest BCUT2D eigenvalue weighted by Gasteiger charge is 2.43. The SMILES string of the molecule is Cc1ccnc(-n2c(C)cc([C@H]3[C@H](c4ccccn4)NC(=S)N3c3ccccc3F)c2C)c1. The molecule has 33 heavy (non-hydrogen) atoms. The summed E-state index contributed by atoms with van der Waals surface area (Å²) in [6.07, 6.45) is 3.58. The maximum atomic E-state index is 15.0. The van der Waals surface area contributed by atoms with Crippen molar-refractivity contribution in [3.63, 3.8) is 0 Å². The number of thiocarbonyl (C=S) groups is 1. The molecule has 4 heterocycles. The van der Waals surface area contributed by atoms with Gasteiger partial charge in [-0.1, -0.05) is 18.2 Å². The van der Waals surface area contributed by atoms with Gasteiger partial charge in [0.2, 0.25) is 0 Å². The average molecular weight is 458 g/mol. The molecule has 1 fully saturated rings. The molecule has 5 nitrogen and oxygen atoms in total. The molecule has 0 amide bonds. The van der Waals surface area contributed by atoms with Gasteiger partial charge in [-0.05, 0) is 86.6 Å². The zero-order valence-corrected chi connectivity index (χ0v) is 19.5. The molecule has 0 spiro atoms. The first-order valence-corrected chi connectivity index (χ1v) is 11.2. The van der Waals surface area contributed by atoms with E-state index in [9.17, 15) is 4.39 Å². The minimum absolute atomic E-state index is 0.238. The first-order valence-electron chi connectivity index (χ1n) is 10.8. The van der Waals surface area contributed by atoms with Crippen LogP contribution < -0.4 is 10.2 Å². The second-order valence-corrected chi connectivity index (χ2v) is 8.69. The molecule has 7 heteroatoms. The second-order valence-electron chi connectivity index (χ2n) is 8.30. The molecule has 166 valence electrons. The minimum atomic E-state index is -0.317. The summed E-state index contributed by atoms with van der Waals surface area (Å²) in [7, 11) is 0. The Morgan fingerprint density at radius 3 is 2.45 bits per heavy atom. The number of pyridine rings is 2. The first kappa shape index (κ1) is 21.3. The summed E-state index contributed by atoms with van der Waals surface area (Å²) in [5.41, 5.74) is 5.55. The van der Waals surface area contributed by atoms with Crippen LogP contribution in [0.1, 0.15) is 40.3 Å². The third-order valence-corrected chi connectivity index (χ3v) is 6.44. The molecule has 1 N–H and O–H groups in total. The van der Waals surface area contributed by atoms with Crippen LogP contribution in [0.2, 0.25) is 0 Å². The van der Waals surface area contributed by atoms with Gasteiger partial charge in [-0.25, -0.2) is 9.37 Å². The van der Waals surface area contributed by atoms with Crippen molar-refractivity contribution in [2.75, 3.05) is 4.90 Å². The molecule has 0 unspecified atom stereocenters. The van der Waals surface area contributed by atoms with Crippen molar-refractivity contribution < 1.29 is 4.39 Å². The molecule has 1 aliphatic rings. The smallest absolute Gasteiger partial charge is 0.174 e. The maximum Gasteiger partial charge on any atom is 0.174 e. The van der Waals surface area contributed by atoms with Gasteiger partial charge in [0.15, 0.2) is 5.11 Å². The number of benzene rings is 1. The van der Waals surface area contributed by atoms with E-state index < -0.39 is 0 Å². The summed E-state index contributed by atoms with van der Waals surface area (Å²) in [5, 5.41) is 3.87. The van der Waals surface area contributed by atoms with E-state index >= 15 is 0 Å². The highest BCUT2D eigenvalue weighted by Crippen LogP contribution is 2.44. The van der Waals surface area contributed by atoms with E-state index in [0.29, 0.717) is 10.8 Å². The minimum Gasteiger partial charge on any atom is -0.351 e. The van der Waals surface area contributed by atoms with Crippen LogP contribution in [0.3, 0.4) is 0 Å². The van der Waals surface area contributed by atoms with Gasteiger partial charge in [0.25, 0.3) is 0 Å². The molecule has 0 saturated carbocycles. The summed E-state index contributed by atoms with van der Waals surface area (Å²) < 4.78 is 17.1. The lowest BCUT2D eigenvalue weighted by Crippen LogP contribution is -2.30. The van der Waals surface area contributed by atoms with Gasteiger partial charge in [0.05, 0.1) is 23.5 Å². The van der Waals surface area contributed by atoms with E-state index in [2.05, 4.69) is 52.8 Å². The summed E-state index contributed by atoms with van der Waals surface area (Å²) in [6, 6.07) is 18.2. The number of rotatable bonds is 4. The van der Waals surface area contributed by atoms with Crippen LogP contribution >= 0.6 is 12.2 Å². The van der Waals surface area contributed by atoms with Crippen LogP contribution in [0.4, 0.5) is 10.1 Å². The van der Waals surface area contributed by atoms with E-state index in [1.807, 2.05) is 41.4 Å². The van der Waals surface area contributed by atoms with Crippen LogP contribution in [-0.2, 0) is 0 Å². The van der Waals surface area contributed by atoms with Crippen molar-refractivity contribution in [3.05, 3.63) is 107 Å². The number of para-hydroxylation sites is 1. The number of nitrogens with one attached hydrogen (secondary N) is 1. The lowest BCUT2D eigenvalue weighted by molar-refractivity contribution is 0.556. The van der Waals surface area contributed by atoms with Gasteiger partial charge >= 0.3 is 0 Å². The van der Waals surface area contributed by atoms with Crippen LogP contribution in [0, 0.1) is 26.6 Å². The Hall–Kier alpha value is -3.58. The molecular formula is C26H24FN5S. The molecule has 5 rings (SSSR count). The van der Waals surface area contributed by atoms with Gasteiger partial charge in [0, 0.05) is 23.8 Å². The number of hydrogen-bond acceptors (Lipinski definition) is 3. The Morgan fingerprint density at radius 1 is 0.939 bits per heavy atom. The fourth-order valence-corrected chi connectivity index (χ4v) is 5.00. The third-order valence-electron chi connectivity index (χ3n) is 6.13. The molecule has 3 aromatic heterocycles. The fourth-order valence-electron chi connectivity index (χ4n) is 4.66. The molecule has 2 atom stereocenters. The molecule has 1 aliphatic heterocycles. The van der Waals surface area contributed by atoms with Gasteiger partial charge in [-0.2, -0.15) is 0 Å². The largest absolute Gasteiger partial charge is 0.351 e. The Morgan fingerprint density at radius 2 is 1.73 bits per heavy atom. The van der Waals surface area contributed by atoms with Crippen molar-refractivity contribution >= 4 is 23.0 Å². The van der Waals surface area contributed by atoms with E-state index in [0.717, 1.165) is 34.0 Å². The maximum absolute atomic E-state index is 15.0. The van der Waals surface area contributed by atoms with E-state index in [4.69, 9.17) is 12.2 Å². The average Bonchev–Trinajstić information content (AvgIpc) is 3.30. The molecule has 1 saturated heterocycles. The van der Waals surface area contributed by atoms with Gasteiger partial charge in [0.1, 0.15) is 11.6 Å². The number of aryl methyl sites for hydroxylation is 2. The van der Waals surface area contributed by atoms with Crippen molar-refractivity contribution in [3.8, 4) is 5.82 Å². The van der Waals surface area contributed by atoms with Crippen molar-refractivity contribution in [1.29, 1.82) is 0 Å². The van der Waals surface area contributed by atoms with Crippen molar-refractivity contribution in [1.82, 2.24) is 19.9 Å². The summed E-state index contributed by atoms with van der Waals surface area (Å²) >= 11 is 5.73. The van der Waals surface area contributed by atoms with Crippen LogP contribution in [0.25, 0.3) is 5.82 Å². The Kier molecular flexibility index (Phi) is 5.42. The second kappa shape index (κ2) is 8.41. The van der Waals surface area contributed by atoms with E-state index in [1.165, 1.54) is 6.07 Å². The van der Waals surface area contributed by atoms with Crippen molar-refractivity contribution in [2.24, 2.45) is 0 Å². The van der Waals surface area contributed by atoms with Gasteiger partial charge in [-0.3, -0.25) is 4.98 Å². The van der Waals surface area contributed by atoms with Crippen LogP contribution in [-0.4, -0.2) is 19.6 Å². The standard InChI is InChI=1S/C26H24FN5S/c1-16-11-13-29-23(14-16)31-17(2)15-19(18(31)3)25-24(21-9-6-7-12-28-21)30-26(33)32(25)22-10-5-4-8-20(22)27/h4-15,24-25H,1-3H3,(H,30,33)/t24-,25-/m0/s1. The normalized spacial score (nSPS) is 17.9. The Labute approximate surface area is 197 Å². The summed E-state index contributed by atoms with van der Waals surface area (Å²) in [4.78, 5) is 11.1.